The molecule has 0 radical (unpaired) electrons. The summed E-state index contributed by atoms with van der Waals surface area (Å²) in [6.45, 7) is 3.72. The smallest absolute Gasteiger partial charge is 0.246 e. The van der Waals surface area contributed by atoms with Crippen LogP contribution >= 0.6 is 0 Å². The molecule has 1 heterocycles. The average molecular weight is 249 g/mol. The number of carbonyl (C=O) groups is 1. The van der Waals surface area contributed by atoms with Crippen LogP contribution in [-0.4, -0.2) is 36.6 Å². The fourth-order valence-electron chi connectivity index (χ4n) is 1.90. The Bertz CT molecular complexity index is 459. The van der Waals surface area contributed by atoms with E-state index in [1.165, 1.54) is 18.2 Å². The molecule has 1 saturated heterocycles. The minimum absolute atomic E-state index is 0.0607. The number of nitrogens with zero attached hydrogens (tertiary/aromatic N) is 1. The van der Waals surface area contributed by atoms with Gasteiger partial charge in [-0.15, -0.1) is 0 Å². The topological polar surface area (TPSA) is 29.5 Å². The number of benzene rings is 1. The number of ether oxygens (including phenoxy) is 1. The van der Waals surface area contributed by atoms with Crippen LogP contribution in [0.5, 0.6) is 0 Å². The number of carbonyl (C=O) groups excluding carboxylic acids is 1. The van der Waals surface area contributed by atoms with Crippen molar-refractivity contribution in [3.63, 3.8) is 0 Å². The van der Waals surface area contributed by atoms with Crippen LogP contribution in [-0.2, 0) is 9.53 Å². The number of halogens is 1. The molecule has 1 amide bonds. The van der Waals surface area contributed by atoms with Crippen molar-refractivity contribution < 1.29 is 13.9 Å². The molecule has 1 aromatic carbocycles. The molecule has 4 heteroatoms. The summed E-state index contributed by atoms with van der Waals surface area (Å²) in [6, 6.07) is 6.15. The van der Waals surface area contributed by atoms with Crippen molar-refractivity contribution in [1.29, 1.82) is 0 Å². The van der Waals surface area contributed by atoms with Gasteiger partial charge in [-0.2, -0.15) is 0 Å². The van der Waals surface area contributed by atoms with E-state index in [9.17, 15) is 9.18 Å². The van der Waals surface area contributed by atoms with Crippen LogP contribution in [0.1, 0.15) is 12.5 Å². The molecule has 18 heavy (non-hydrogen) atoms. The Morgan fingerprint density at radius 1 is 1.56 bits per heavy atom. The average Bonchev–Trinajstić information content (AvgIpc) is 2.36. The van der Waals surface area contributed by atoms with E-state index in [2.05, 4.69) is 0 Å². The monoisotopic (exact) mass is 249 g/mol. The molecule has 1 unspecified atom stereocenters. The van der Waals surface area contributed by atoms with Crippen LogP contribution in [0.3, 0.4) is 0 Å². The molecule has 0 aliphatic carbocycles. The summed E-state index contributed by atoms with van der Waals surface area (Å²) in [5.74, 6) is -0.362. The van der Waals surface area contributed by atoms with Crippen LogP contribution in [0, 0.1) is 5.82 Å². The molecule has 0 aromatic heterocycles. The molecule has 1 aromatic rings. The molecule has 0 bridgehead atoms. The number of hydrogen-bond acceptors (Lipinski definition) is 2. The molecular formula is C14H16FNO2. The van der Waals surface area contributed by atoms with E-state index in [0.717, 1.165) is 0 Å². The van der Waals surface area contributed by atoms with Gasteiger partial charge in [0.1, 0.15) is 5.82 Å². The van der Waals surface area contributed by atoms with Crippen LogP contribution in [0.15, 0.2) is 30.3 Å². The van der Waals surface area contributed by atoms with E-state index in [4.69, 9.17) is 4.74 Å². The summed E-state index contributed by atoms with van der Waals surface area (Å²) in [5, 5.41) is 0. The third kappa shape index (κ3) is 3.40. The molecular weight excluding hydrogens is 233 g/mol. The van der Waals surface area contributed by atoms with E-state index in [1.807, 2.05) is 6.92 Å². The first kappa shape index (κ1) is 12.8. The van der Waals surface area contributed by atoms with Gasteiger partial charge in [0.05, 0.1) is 12.7 Å². The van der Waals surface area contributed by atoms with Crippen LogP contribution in [0.25, 0.3) is 6.08 Å². The molecule has 3 nitrogen and oxygen atoms in total. The van der Waals surface area contributed by atoms with Crippen molar-refractivity contribution in [3.05, 3.63) is 41.7 Å². The summed E-state index contributed by atoms with van der Waals surface area (Å²) < 4.78 is 18.3. The van der Waals surface area contributed by atoms with Crippen molar-refractivity contribution >= 4 is 12.0 Å². The number of amides is 1. The lowest BCUT2D eigenvalue weighted by Crippen LogP contribution is -2.43. The highest BCUT2D eigenvalue weighted by molar-refractivity contribution is 5.91. The van der Waals surface area contributed by atoms with Gasteiger partial charge in [0, 0.05) is 19.2 Å². The van der Waals surface area contributed by atoms with E-state index < -0.39 is 0 Å². The third-order valence-corrected chi connectivity index (χ3v) is 2.82. The molecule has 1 fully saturated rings. The second-order valence-corrected chi connectivity index (χ2v) is 4.35. The van der Waals surface area contributed by atoms with Crippen molar-refractivity contribution in [2.24, 2.45) is 0 Å². The number of morpholine rings is 1. The van der Waals surface area contributed by atoms with Crippen molar-refractivity contribution in [3.8, 4) is 0 Å². The maximum absolute atomic E-state index is 13.0. The fourth-order valence-corrected chi connectivity index (χ4v) is 1.90. The van der Waals surface area contributed by atoms with Gasteiger partial charge in [-0.05, 0) is 30.7 Å². The quantitative estimate of drug-likeness (QED) is 0.751. The van der Waals surface area contributed by atoms with Crippen molar-refractivity contribution in [1.82, 2.24) is 4.90 Å². The highest BCUT2D eigenvalue weighted by Gasteiger charge is 2.19. The zero-order chi connectivity index (χ0) is 13.0. The Morgan fingerprint density at radius 3 is 3.11 bits per heavy atom. The molecule has 1 aliphatic heterocycles. The summed E-state index contributed by atoms with van der Waals surface area (Å²) in [6.07, 6.45) is 3.18. The molecule has 0 spiro atoms. The van der Waals surface area contributed by atoms with Crippen LogP contribution in [0.4, 0.5) is 4.39 Å². The second-order valence-electron chi connectivity index (χ2n) is 4.35. The zero-order valence-corrected chi connectivity index (χ0v) is 10.3. The first-order valence-electron chi connectivity index (χ1n) is 5.99. The van der Waals surface area contributed by atoms with Gasteiger partial charge in [0.15, 0.2) is 0 Å². The predicted octanol–water partition coefficient (Wildman–Crippen LogP) is 2.09. The van der Waals surface area contributed by atoms with Gasteiger partial charge < -0.3 is 9.64 Å². The minimum Gasteiger partial charge on any atom is -0.375 e. The van der Waals surface area contributed by atoms with Crippen molar-refractivity contribution in [2.75, 3.05) is 19.7 Å². The predicted molar refractivity (Wildman–Crippen MR) is 67.4 cm³/mol. The van der Waals surface area contributed by atoms with Crippen molar-refractivity contribution in [2.45, 2.75) is 13.0 Å². The summed E-state index contributed by atoms with van der Waals surface area (Å²) in [4.78, 5) is 13.6. The number of hydrogen-bond donors (Lipinski definition) is 0. The molecule has 1 atom stereocenters. The Kier molecular flexibility index (Phi) is 4.10. The molecule has 2 rings (SSSR count). The van der Waals surface area contributed by atoms with Gasteiger partial charge >= 0.3 is 0 Å². The van der Waals surface area contributed by atoms with Crippen LogP contribution in [0.2, 0.25) is 0 Å². The van der Waals surface area contributed by atoms with Crippen LogP contribution < -0.4 is 0 Å². The Balaban J connectivity index is 1.98. The largest absolute Gasteiger partial charge is 0.375 e. The minimum atomic E-state index is -0.301. The summed E-state index contributed by atoms with van der Waals surface area (Å²) >= 11 is 0. The summed E-state index contributed by atoms with van der Waals surface area (Å²) in [5.41, 5.74) is 0.685. The lowest BCUT2D eigenvalue weighted by molar-refractivity contribution is -0.132. The maximum Gasteiger partial charge on any atom is 0.246 e. The molecule has 1 aliphatic rings. The highest BCUT2D eigenvalue weighted by Crippen LogP contribution is 2.08. The van der Waals surface area contributed by atoms with E-state index in [0.29, 0.717) is 25.3 Å². The Hall–Kier alpha value is -1.68. The highest BCUT2D eigenvalue weighted by atomic mass is 19.1. The SMILES string of the molecule is CC1CN(C(=O)/C=C/c2cccc(F)c2)CCO1. The van der Waals surface area contributed by atoms with E-state index >= 15 is 0 Å². The molecule has 0 saturated carbocycles. The lowest BCUT2D eigenvalue weighted by Gasteiger charge is -2.30. The summed E-state index contributed by atoms with van der Waals surface area (Å²) in [7, 11) is 0. The standard InChI is InChI=1S/C14H16FNO2/c1-11-10-16(7-8-18-11)14(17)6-5-12-3-2-4-13(15)9-12/h2-6,9,11H,7-8,10H2,1H3/b6-5+. The molecule has 0 N–H and O–H groups in total. The van der Waals surface area contributed by atoms with Gasteiger partial charge in [-0.25, -0.2) is 4.39 Å². The van der Waals surface area contributed by atoms with Gasteiger partial charge in [-0.1, -0.05) is 12.1 Å². The van der Waals surface area contributed by atoms with Gasteiger partial charge in [0.25, 0.3) is 0 Å². The van der Waals surface area contributed by atoms with Gasteiger partial charge in [-0.3, -0.25) is 4.79 Å². The molecule has 96 valence electrons. The Morgan fingerprint density at radius 2 is 2.39 bits per heavy atom. The van der Waals surface area contributed by atoms with E-state index in [1.54, 1.807) is 23.1 Å². The van der Waals surface area contributed by atoms with Gasteiger partial charge in [0.2, 0.25) is 5.91 Å². The Labute approximate surface area is 106 Å². The maximum atomic E-state index is 13.0. The zero-order valence-electron chi connectivity index (χ0n) is 10.3. The third-order valence-electron chi connectivity index (χ3n) is 2.82. The second kappa shape index (κ2) is 5.78. The first-order chi connectivity index (χ1) is 8.65. The normalized spacial score (nSPS) is 20.3. The van der Waals surface area contributed by atoms with E-state index in [-0.39, 0.29) is 17.8 Å². The first-order valence-corrected chi connectivity index (χ1v) is 5.99. The fraction of sp³-hybridized carbons (Fsp3) is 0.357. The lowest BCUT2D eigenvalue weighted by atomic mass is 10.2. The number of rotatable bonds is 2.